The first kappa shape index (κ1) is 12.2. The summed E-state index contributed by atoms with van der Waals surface area (Å²) in [5.41, 5.74) is -0.0608. The van der Waals surface area contributed by atoms with Crippen LogP contribution in [0.2, 0.25) is 0 Å². The second-order valence-corrected chi connectivity index (χ2v) is 4.28. The maximum atomic E-state index is 11.5. The molecule has 1 aliphatic rings. The molecule has 1 unspecified atom stereocenters. The number of aliphatic hydroxyl groups is 3. The molecule has 0 amide bonds. The minimum absolute atomic E-state index is 0.111. The highest BCUT2D eigenvalue weighted by atomic mass is 16.6. The van der Waals surface area contributed by atoms with Gasteiger partial charge in [0.25, 0.3) is 5.56 Å². The monoisotopic (exact) mass is 271 g/mol. The van der Waals surface area contributed by atoms with Crippen molar-refractivity contribution in [3.8, 4) is 0 Å². The first-order valence-corrected chi connectivity index (χ1v) is 5.66. The highest BCUT2D eigenvalue weighted by Crippen LogP contribution is 2.30. The third kappa shape index (κ3) is 1.75. The lowest BCUT2D eigenvalue weighted by Crippen LogP contribution is -2.33. The van der Waals surface area contributed by atoms with Crippen molar-refractivity contribution in [2.45, 2.75) is 24.5 Å². The van der Waals surface area contributed by atoms with Crippen LogP contribution < -0.4 is 5.56 Å². The van der Waals surface area contributed by atoms with Gasteiger partial charge in [0.1, 0.15) is 18.3 Å². The molecule has 0 radical (unpaired) electrons. The van der Waals surface area contributed by atoms with E-state index in [-0.39, 0.29) is 11.2 Å². The first-order valence-electron chi connectivity index (χ1n) is 5.66. The van der Waals surface area contributed by atoms with E-state index in [0.29, 0.717) is 0 Å². The zero-order valence-corrected chi connectivity index (χ0v) is 9.67. The van der Waals surface area contributed by atoms with Crippen molar-refractivity contribution in [3.63, 3.8) is 0 Å². The molecular formula is C10H12N4O5. The van der Waals surface area contributed by atoms with Crippen molar-refractivity contribution in [1.29, 1.82) is 0 Å². The fraction of sp³-hybridized carbons (Fsp3) is 0.500. The smallest absolute Gasteiger partial charge is 0.278 e. The number of rotatable bonds is 2. The standard InChI is InChI=1S/C10H12N4O5/c15-1-4-6(16)7(17)10(19-4)14-3-13-5-8(14)11-2-12-9(5)18/h2-4,6-7,10,15-17H,1H2,(H,11,12,18)/t4-,6?,7+,10-/m0/s1/i5+1,8+1,13+1. The summed E-state index contributed by atoms with van der Waals surface area (Å²) in [6.45, 7) is -0.421. The lowest BCUT2D eigenvalue weighted by molar-refractivity contribution is -0.0511. The minimum atomic E-state index is -1.24. The van der Waals surface area contributed by atoms with Crippen LogP contribution in [0.4, 0.5) is 0 Å². The maximum absolute atomic E-state index is 11.5. The van der Waals surface area contributed by atoms with Gasteiger partial charge in [0.2, 0.25) is 0 Å². The molecule has 1 fully saturated rings. The molecule has 4 N–H and O–H groups in total. The highest BCUT2D eigenvalue weighted by molar-refractivity contribution is 5.68. The normalized spacial score (nSPS) is 31.1. The predicted molar refractivity (Wildman–Crippen MR) is 61.2 cm³/mol. The largest absolute Gasteiger partial charge is 0.394 e. The van der Waals surface area contributed by atoms with E-state index in [1.807, 2.05) is 0 Å². The quantitative estimate of drug-likeness (QED) is 0.484. The number of H-pyrrole nitrogens is 1. The van der Waals surface area contributed by atoms with Gasteiger partial charge in [-0.3, -0.25) is 9.36 Å². The Morgan fingerprint density at radius 3 is 2.84 bits per heavy atom. The summed E-state index contributed by atoms with van der Waals surface area (Å²) in [4.78, 5) is 21.8. The molecule has 0 aromatic carbocycles. The lowest BCUT2D eigenvalue weighted by Gasteiger charge is -2.16. The van der Waals surface area contributed by atoms with Crippen LogP contribution in [0, 0.1) is 0 Å². The molecule has 102 valence electrons. The number of imidazole rings is 1. The van der Waals surface area contributed by atoms with Crippen LogP contribution >= 0.6 is 0 Å². The van der Waals surface area contributed by atoms with Crippen molar-refractivity contribution in [1.82, 2.24) is 19.5 Å². The highest BCUT2D eigenvalue weighted by Gasteiger charge is 2.43. The molecule has 3 rings (SSSR count). The van der Waals surface area contributed by atoms with Gasteiger partial charge < -0.3 is 25.0 Å². The molecule has 4 atom stereocenters. The fourth-order valence-corrected chi connectivity index (χ4v) is 2.16. The van der Waals surface area contributed by atoms with E-state index in [2.05, 4.69) is 15.0 Å². The molecule has 9 nitrogen and oxygen atoms in total. The number of nitrogens with one attached hydrogen (secondary N) is 1. The van der Waals surface area contributed by atoms with E-state index in [1.54, 1.807) is 0 Å². The van der Waals surface area contributed by atoms with Crippen molar-refractivity contribution in [2.75, 3.05) is 6.61 Å². The van der Waals surface area contributed by atoms with Crippen molar-refractivity contribution in [2.24, 2.45) is 0 Å². The number of aliphatic hydroxyl groups excluding tert-OH is 3. The summed E-state index contributed by atoms with van der Waals surface area (Å²) < 4.78 is 6.70. The van der Waals surface area contributed by atoms with Gasteiger partial charge in [-0.1, -0.05) is 0 Å². The molecule has 1 saturated heterocycles. The van der Waals surface area contributed by atoms with Crippen molar-refractivity contribution >= 4 is 11.2 Å². The minimum Gasteiger partial charge on any atom is -0.394 e. The number of nitrogens with zero attached hydrogens (tertiary/aromatic N) is 3. The van der Waals surface area contributed by atoms with Crippen LogP contribution in [0.15, 0.2) is 17.4 Å². The Morgan fingerprint density at radius 1 is 1.37 bits per heavy atom. The van der Waals surface area contributed by atoms with Crippen LogP contribution in [0.25, 0.3) is 11.2 Å². The fourth-order valence-electron chi connectivity index (χ4n) is 2.16. The molecular weight excluding hydrogens is 259 g/mol. The van der Waals surface area contributed by atoms with Gasteiger partial charge in [-0.05, 0) is 0 Å². The van der Waals surface area contributed by atoms with Gasteiger partial charge in [-0.2, -0.15) is 0 Å². The van der Waals surface area contributed by atoms with E-state index in [9.17, 15) is 15.0 Å². The second-order valence-electron chi connectivity index (χ2n) is 4.28. The average molecular weight is 271 g/mol. The number of fused-ring (bicyclic) bond motifs is 1. The van der Waals surface area contributed by atoms with Gasteiger partial charge >= 0.3 is 0 Å². The number of hydrogen-bond donors (Lipinski definition) is 4. The van der Waals surface area contributed by atoms with Gasteiger partial charge in [0.05, 0.1) is 19.3 Å². The Hall–Kier alpha value is -1.81. The molecule has 19 heavy (non-hydrogen) atoms. The van der Waals surface area contributed by atoms with E-state index in [0.717, 1.165) is 0 Å². The predicted octanol–water partition coefficient (Wildman–Crippen LogP) is -2.27. The van der Waals surface area contributed by atoms with Crippen LogP contribution in [0.5, 0.6) is 0 Å². The zero-order valence-electron chi connectivity index (χ0n) is 9.67. The second kappa shape index (κ2) is 4.38. The summed E-state index contributed by atoms with van der Waals surface area (Å²) in [5, 5.41) is 28.6. The number of ether oxygens (including phenoxy) is 1. The number of hydrogen-bond acceptors (Lipinski definition) is 7. The molecule has 2 aromatic rings. The third-order valence-electron chi connectivity index (χ3n) is 3.16. The Balaban J connectivity index is 2.06. The Morgan fingerprint density at radius 2 is 2.16 bits per heavy atom. The average Bonchev–Trinajstić information content (AvgIpc) is 2.94. The lowest BCUT2D eigenvalue weighted by atomic mass is 10.1. The maximum Gasteiger partial charge on any atom is 0.278 e. The number of aromatic nitrogens is 4. The van der Waals surface area contributed by atoms with E-state index < -0.39 is 36.7 Å². The molecule has 0 aliphatic carbocycles. The topological polar surface area (TPSA) is 133 Å². The molecule has 0 bridgehead atoms. The van der Waals surface area contributed by atoms with E-state index >= 15 is 0 Å². The molecule has 0 saturated carbocycles. The Labute approximate surface area is 106 Å². The summed E-state index contributed by atoms with van der Waals surface area (Å²) in [6.07, 6.45) is -1.78. The molecule has 1 aliphatic heterocycles. The summed E-state index contributed by atoms with van der Waals surface area (Å²) >= 11 is 0. The van der Waals surface area contributed by atoms with Crippen LogP contribution in [-0.4, -0.2) is 59.8 Å². The number of aromatic amines is 1. The van der Waals surface area contributed by atoms with Crippen LogP contribution in [0.3, 0.4) is 0 Å². The molecule has 3 heterocycles. The summed E-state index contributed by atoms with van der Waals surface area (Å²) in [6, 6.07) is 0. The molecule has 2 aromatic heterocycles. The summed E-state index contributed by atoms with van der Waals surface area (Å²) in [5.74, 6) is 0. The van der Waals surface area contributed by atoms with E-state index in [4.69, 9.17) is 9.84 Å². The van der Waals surface area contributed by atoms with Crippen molar-refractivity contribution < 1.29 is 20.1 Å². The van der Waals surface area contributed by atoms with Gasteiger partial charge in [0.15, 0.2) is 17.4 Å². The summed E-state index contributed by atoms with van der Waals surface area (Å²) in [7, 11) is 0. The van der Waals surface area contributed by atoms with E-state index in [1.165, 1.54) is 17.2 Å². The molecule has 9 heteroatoms. The van der Waals surface area contributed by atoms with Crippen LogP contribution in [-0.2, 0) is 4.74 Å². The first-order chi connectivity index (χ1) is 9.13. The van der Waals surface area contributed by atoms with Crippen molar-refractivity contribution in [3.05, 3.63) is 23.0 Å². The zero-order chi connectivity index (χ0) is 13.6. The van der Waals surface area contributed by atoms with Crippen LogP contribution in [0.1, 0.15) is 6.23 Å². The Bertz CT molecular complexity index is 653. The SMILES string of the molecule is O=c1[nH]cn[13c]2[13c]1[15n]cn2[C@H]1O[C@@H](CO)C(O)[C@H]1O. The molecule has 0 spiro atoms. The van der Waals surface area contributed by atoms with Gasteiger partial charge in [-0.15, -0.1) is 0 Å². The van der Waals surface area contributed by atoms with Gasteiger partial charge in [0, 0.05) is 0 Å². The van der Waals surface area contributed by atoms with Gasteiger partial charge in [-0.25, -0.2) is 9.97 Å². The Kier molecular flexibility index (Phi) is 2.82. The third-order valence-corrected chi connectivity index (χ3v) is 3.16.